The number of nitrogens with zero attached hydrogens (tertiary/aromatic N) is 1. The number of fused-ring (bicyclic) bond motifs is 2. The van der Waals surface area contributed by atoms with Gasteiger partial charge in [0.05, 0.1) is 0 Å². The lowest BCUT2D eigenvalue weighted by Crippen LogP contribution is -2.35. The molecular weight excluding hydrogens is 331 g/mol. The third-order valence-corrected chi connectivity index (χ3v) is 4.78. The van der Waals surface area contributed by atoms with E-state index in [0.29, 0.717) is 12.1 Å². The standard InChI is InChI=1S/C14H18BrFN2.ClH/c15-14-4-1-11(16)7-10(14)8-18-6-5-12-2-3-13(9-18)17-12;/h1,4,7,12-13,17H,2-3,5-6,8-9H2;1H. The molecule has 2 aliphatic rings. The van der Waals surface area contributed by atoms with E-state index in [-0.39, 0.29) is 18.2 Å². The molecule has 2 bridgehead atoms. The molecule has 0 spiro atoms. The highest BCUT2D eigenvalue weighted by atomic mass is 79.9. The van der Waals surface area contributed by atoms with E-state index in [4.69, 9.17) is 0 Å². The summed E-state index contributed by atoms with van der Waals surface area (Å²) in [4.78, 5) is 2.44. The Morgan fingerprint density at radius 3 is 2.89 bits per heavy atom. The number of nitrogens with one attached hydrogen (secondary N) is 1. The molecule has 2 saturated heterocycles. The Bertz CT molecular complexity index is 443. The molecule has 2 aliphatic heterocycles. The summed E-state index contributed by atoms with van der Waals surface area (Å²) in [6.07, 6.45) is 3.82. The smallest absolute Gasteiger partial charge is 0.123 e. The van der Waals surface area contributed by atoms with Gasteiger partial charge in [0.2, 0.25) is 0 Å². The lowest BCUT2D eigenvalue weighted by Gasteiger charge is -2.24. The van der Waals surface area contributed by atoms with Crippen molar-refractivity contribution in [1.82, 2.24) is 10.2 Å². The van der Waals surface area contributed by atoms with Crippen molar-refractivity contribution in [2.45, 2.75) is 37.9 Å². The molecular formula is C14H19BrClFN2. The average Bonchev–Trinajstić information content (AvgIpc) is 2.67. The summed E-state index contributed by atoms with van der Waals surface area (Å²) in [5.74, 6) is -0.150. The zero-order valence-electron chi connectivity index (χ0n) is 10.7. The minimum Gasteiger partial charge on any atom is -0.310 e. The first-order valence-electron chi connectivity index (χ1n) is 6.63. The van der Waals surface area contributed by atoms with Crippen molar-refractivity contribution < 1.29 is 4.39 Å². The molecule has 0 amide bonds. The highest BCUT2D eigenvalue weighted by Crippen LogP contribution is 2.24. The van der Waals surface area contributed by atoms with Gasteiger partial charge in [-0.2, -0.15) is 0 Å². The van der Waals surface area contributed by atoms with Gasteiger partial charge >= 0.3 is 0 Å². The van der Waals surface area contributed by atoms with Crippen LogP contribution in [0, 0.1) is 5.82 Å². The molecule has 1 aromatic rings. The molecule has 2 nitrogen and oxygen atoms in total. The fourth-order valence-corrected chi connectivity index (χ4v) is 3.44. The molecule has 1 N–H and O–H groups in total. The molecule has 1 aromatic carbocycles. The minimum atomic E-state index is -0.150. The summed E-state index contributed by atoms with van der Waals surface area (Å²) in [5.41, 5.74) is 1.05. The summed E-state index contributed by atoms with van der Waals surface area (Å²) >= 11 is 3.51. The summed E-state index contributed by atoms with van der Waals surface area (Å²) < 4.78 is 14.3. The van der Waals surface area contributed by atoms with Crippen LogP contribution in [-0.4, -0.2) is 30.1 Å². The third-order valence-electron chi connectivity index (χ3n) is 4.01. The van der Waals surface area contributed by atoms with Gasteiger partial charge in [-0.3, -0.25) is 4.90 Å². The predicted molar refractivity (Wildman–Crippen MR) is 81.2 cm³/mol. The number of hydrogen-bond donors (Lipinski definition) is 1. The summed E-state index contributed by atoms with van der Waals surface area (Å²) in [7, 11) is 0. The van der Waals surface area contributed by atoms with E-state index in [2.05, 4.69) is 26.1 Å². The Labute approximate surface area is 128 Å². The van der Waals surface area contributed by atoms with Gasteiger partial charge in [0, 0.05) is 36.2 Å². The summed E-state index contributed by atoms with van der Waals surface area (Å²) in [5, 5.41) is 3.67. The van der Waals surface area contributed by atoms with E-state index in [9.17, 15) is 4.39 Å². The Kier molecular flexibility index (Phi) is 5.23. The van der Waals surface area contributed by atoms with Crippen molar-refractivity contribution in [2.24, 2.45) is 0 Å². The van der Waals surface area contributed by atoms with E-state index >= 15 is 0 Å². The van der Waals surface area contributed by atoms with E-state index in [1.54, 1.807) is 12.1 Å². The maximum atomic E-state index is 13.3. The second-order valence-electron chi connectivity index (χ2n) is 5.40. The van der Waals surface area contributed by atoms with Crippen LogP contribution in [0.1, 0.15) is 24.8 Å². The molecule has 0 saturated carbocycles. The van der Waals surface area contributed by atoms with Crippen LogP contribution in [0.3, 0.4) is 0 Å². The topological polar surface area (TPSA) is 15.3 Å². The van der Waals surface area contributed by atoms with Crippen LogP contribution in [0.25, 0.3) is 0 Å². The quantitative estimate of drug-likeness (QED) is 0.881. The maximum Gasteiger partial charge on any atom is 0.123 e. The van der Waals surface area contributed by atoms with Gasteiger partial charge in [0.25, 0.3) is 0 Å². The second-order valence-corrected chi connectivity index (χ2v) is 6.25. The van der Waals surface area contributed by atoms with Crippen LogP contribution in [0.5, 0.6) is 0 Å². The number of halogens is 3. The van der Waals surface area contributed by atoms with E-state index < -0.39 is 0 Å². The SMILES string of the molecule is Cl.Fc1ccc(Br)c(CN2CCC3CCC(C2)N3)c1. The van der Waals surface area contributed by atoms with Crippen molar-refractivity contribution in [3.05, 3.63) is 34.1 Å². The number of rotatable bonds is 2. The fraction of sp³-hybridized carbons (Fsp3) is 0.571. The molecule has 0 radical (unpaired) electrons. The molecule has 0 aliphatic carbocycles. The van der Waals surface area contributed by atoms with Crippen molar-refractivity contribution >= 4 is 28.3 Å². The van der Waals surface area contributed by atoms with Gasteiger partial charge in [0.1, 0.15) is 5.82 Å². The van der Waals surface area contributed by atoms with Crippen LogP contribution in [0.2, 0.25) is 0 Å². The highest BCUT2D eigenvalue weighted by molar-refractivity contribution is 9.10. The number of hydrogen-bond acceptors (Lipinski definition) is 2. The third kappa shape index (κ3) is 3.69. The van der Waals surface area contributed by atoms with Crippen molar-refractivity contribution in [1.29, 1.82) is 0 Å². The van der Waals surface area contributed by atoms with Crippen LogP contribution < -0.4 is 5.32 Å². The molecule has 19 heavy (non-hydrogen) atoms. The van der Waals surface area contributed by atoms with Crippen molar-refractivity contribution in [3.63, 3.8) is 0 Å². The van der Waals surface area contributed by atoms with Gasteiger partial charge in [-0.1, -0.05) is 15.9 Å². The molecule has 2 heterocycles. The first kappa shape index (κ1) is 15.2. The van der Waals surface area contributed by atoms with Gasteiger partial charge in [-0.05, 0) is 43.0 Å². The first-order valence-corrected chi connectivity index (χ1v) is 7.42. The van der Waals surface area contributed by atoms with Crippen molar-refractivity contribution in [3.8, 4) is 0 Å². The lowest BCUT2D eigenvalue weighted by molar-refractivity contribution is 0.250. The van der Waals surface area contributed by atoms with Crippen LogP contribution in [-0.2, 0) is 6.54 Å². The monoisotopic (exact) mass is 348 g/mol. The highest BCUT2D eigenvalue weighted by Gasteiger charge is 2.29. The normalized spacial score (nSPS) is 26.8. The Hall–Kier alpha value is -0.160. The van der Waals surface area contributed by atoms with E-state index in [1.165, 1.54) is 25.3 Å². The van der Waals surface area contributed by atoms with E-state index in [1.807, 2.05) is 0 Å². The Morgan fingerprint density at radius 2 is 2.05 bits per heavy atom. The van der Waals surface area contributed by atoms with Crippen molar-refractivity contribution in [2.75, 3.05) is 13.1 Å². The minimum absolute atomic E-state index is 0. The zero-order valence-corrected chi connectivity index (χ0v) is 13.1. The maximum absolute atomic E-state index is 13.3. The van der Waals surface area contributed by atoms with Crippen LogP contribution >= 0.6 is 28.3 Å². The molecule has 0 aromatic heterocycles. The lowest BCUT2D eigenvalue weighted by atomic mass is 10.1. The average molecular weight is 350 g/mol. The summed E-state index contributed by atoms with van der Waals surface area (Å²) in [6.45, 7) is 3.03. The van der Waals surface area contributed by atoms with E-state index in [0.717, 1.165) is 29.7 Å². The number of likely N-dealkylation sites (tertiary alicyclic amines) is 1. The molecule has 3 rings (SSSR count). The van der Waals surface area contributed by atoms with Gasteiger partial charge < -0.3 is 5.32 Å². The van der Waals surface area contributed by atoms with Crippen LogP contribution in [0.15, 0.2) is 22.7 Å². The Balaban J connectivity index is 0.00000133. The fourth-order valence-electron chi connectivity index (χ4n) is 3.06. The largest absolute Gasteiger partial charge is 0.310 e. The predicted octanol–water partition coefficient (Wildman–Crippen LogP) is 3.34. The zero-order chi connectivity index (χ0) is 12.5. The summed E-state index contributed by atoms with van der Waals surface area (Å²) in [6, 6.07) is 6.27. The molecule has 2 unspecified atom stereocenters. The van der Waals surface area contributed by atoms with Gasteiger partial charge in [-0.25, -0.2) is 4.39 Å². The van der Waals surface area contributed by atoms with Gasteiger partial charge in [-0.15, -0.1) is 12.4 Å². The molecule has 5 heteroatoms. The second kappa shape index (κ2) is 6.53. The molecule has 106 valence electrons. The first-order chi connectivity index (χ1) is 8.70. The van der Waals surface area contributed by atoms with Crippen LogP contribution in [0.4, 0.5) is 4.39 Å². The number of benzene rings is 1. The molecule has 2 fully saturated rings. The molecule has 2 atom stereocenters. The Morgan fingerprint density at radius 1 is 1.26 bits per heavy atom. The van der Waals surface area contributed by atoms with Gasteiger partial charge in [0.15, 0.2) is 0 Å².